The van der Waals surface area contributed by atoms with Crippen molar-refractivity contribution in [3.63, 3.8) is 0 Å². The molecule has 0 saturated heterocycles. The number of hydrogen-bond donors (Lipinski definition) is 1. The quantitative estimate of drug-likeness (QED) is 0.274. The topological polar surface area (TPSA) is 37.3 Å². The van der Waals surface area contributed by atoms with Gasteiger partial charge in [-0.1, -0.05) is 82.8 Å². The van der Waals surface area contributed by atoms with Gasteiger partial charge >= 0.3 is 0 Å². The Kier molecular flexibility index (Phi) is 13.2. The van der Waals surface area contributed by atoms with Gasteiger partial charge in [0.15, 0.2) is 0 Å². The summed E-state index contributed by atoms with van der Waals surface area (Å²) in [6, 6.07) is 7.64. The molecular formula is C22H36O2. The smallest absolute Gasteiger partial charge is 0.119 e. The highest BCUT2D eigenvalue weighted by molar-refractivity contribution is 5.48. The summed E-state index contributed by atoms with van der Waals surface area (Å²) in [5.41, 5.74) is 1.25. The van der Waals surface area contributed by atoms with Crippen molar-refractivity contribution in [3.8, 4) is 5.75 Å². The predicted molar refractivity (Wildman–Crippen MR) is 103 cm³/mol. The van der Waals surface area contributed by atoms with Crippen LogP contribution in [0.15, 0.2) is 24.3 Å². The van der Waals surface area contributed by atoms with Crippen molar-refractivity contribution in [2.24, 2.45) is 0 Å². The van der Waals surface area contributed by atoms with E-state index in [9.17, 15) is 9.90 Å². The highest BCUT2D eigenvalue weighted by atomic mass is 16.3. The van der Waals surface area contributed by atoms with E-state index in [1.807, 2.05) is 12.1 Å². The van der Waals surface area contributed by atoms with Gasteiger partial charge < -0.3 is 9.90 Å². The minimum atomic E-state index is 0.383. The molecule has 1 aromatic rings. The number of aromatic hydroxyl groups is 1. The molecule has 0 atom stereocenters. The molecule has 2 heteroatoms. The number of unbranched alkanes of at least 4 members (excludes halogenated alkanes) is 13. The third kappa shape index (κ3) is 12.2. The van der Waals surface area contributed by atoms with E-state index in [4.69, 9.17) is 0 Å². The van der Waals surface area contributed by atoms with Crippen molar-refractivity contribution in [2.75, 3.05) is 0 Å². The lowest BCUT2D eigenvalue weighted by atomic mass is 10.0. The SMILES string of the molecule is O=CCCCCCCCCCCCCCCCc1cccc(O)c1. The van der Waals surface area contributed by atoms with Crippen molar-refractivity contribution in [2.45, 2.75) is 96.3 Å². The summed E-state index contributed by atoms with van der Waals surface area (Å²) >= 11 is 0. The van der Waals surface area contributed by atoms with Crippen LogP contribution in [0.25, 0.3) is 0 Å². The molecular weight excluding hydrogens is 296 g/mol. The van der Waals surface area contributed by atoms with Gasteiger partial charge in [-0.05, 0) is 37.0 Å². The normalized spacial score (nSPS) is 10.8. The molecule has 0 aliphatic carbocycles. The van der Waals surface area contributed by atoms with E-state index in [1.54, 1.807) is 6.07 Å². The van der Waals surface area contributed by atoms with Crippen molar-refractivity contribution in [1.29, 1.82) is 0 Å². The second-order valence-corrected chi connectivity index (χ2v) is 6.97. The summed E-state index contributed by atoms with van der Waals surface area (Å²) in [6.07, 6.45) is 19.9. The molecule has 2 nitrogen and oxygen atoms in total. The van der Waals surface area contributed by atoms with Gasteiger partial charge in [0.05, 0.1) is 0 Å². The van der Waals surface area contributed by atoms with Crippen LogP contribution < -0.4 is 0 Å². The van der Waals surface area contributed by atoms with Gasteiger partial charge in [0.2, 0.25) is 0 Å². The Morgan fingerprint density at radius 1 is 0.708 bits per heavy atom. The molecule has 1 rings (SSSR count). The van der Waals surface area contributed by atoms with Gasteiger partial charge in [0, 0.05) is 6.42 Å². The van der Waals surface area contributed by atoms with Crippen molar-refractivity contribution >= 4 is 6.29 Å². The fraction of sp³-hybridized carbons (Fsp3) is 0.682. The number of rotatable bonds is 16. The van der Waals surface area contributed by atoms with E-state index in [0.717, 1.165) is 25.5 Å². The molecule has 0 saturated carbocycles. The Morgan fingerprint density at radius 2 is 1.21 bits per heavy atom. The van der Waals surface area contributed by atoms with E-state index in [0.29, 0.717) is 5.75 Å². The number of carbonyl (C=O) groups is 1. The number of aldehydes is 1. The fourth-order valence-electron chi connectivity index (χ4n) is 3.21. The van der Waals surface area contributed by atoms with Gasteiger partial charge in [-0.2, -0.15) is 0 Å². The molecule has 0 unspecified atom stereocenters. The van der Waals surface area contributed by atoms with Crippen LogP contribution in [0.1, 0.15) is 95.5 Å². The molecule has 0 aliphatic heterocycles. The Bertz CT molecular complexity index is 414. The lowest BCUT2D eigenvalue weighted by Crippen LogP contribution is -1.86. The van der Waals surface area contributed by atoms with Gasteiger partial charge in [0.25, 0.3) is 0 Å². The number of aryl methyl sites for hydroxylation is 1. The minimum absolute atomic E-state index is 0.383. The van der Waals surface area contributed by atoms with Crippen LogP contribution in [0.3, 0.4) is 0 Å². The van der Waals surface area contributed by atoms with Crippen LogP contribution in [0, 0.1) is 0 Å². The van der Waals surface area contributed by atoms with Crippen molar-refractivity contribution in [1.82, 2.24) is 0 Å². The first-order valence-corrected chi connectivity index (χ1v) is 10.0. The summed E-state index contributed by atoms with van der Waals surface area (Å²) in [6.45, 7) is 0. The average molecular weight is 333 g/mol. The first-order chi connectivity index (χ1) is 11.8. The maximum Gasteiger partial charge on any atom is 0.119 e. The summed E-state index contributed by atoms with van der Waals surface area (Å²) < 4.78 is 0. The monoisotopic (exact) mass is 332 g/mol. The molecule has 0 radical (unpaired) electrons. The number of hydrogen-bond acceptors (Lipinski definition) is 2. The molecule has 0 amide bonds. The molecule has 0 aliphatic rings. The van der Waals surface area contributed by atoms with E-state index in [1.165, 1.54) is 82.6 Å². The molecule has 0 aromatic heterocycles. The molecule has 136 valence electrons. The summed E-state index contributed by atoms with van der Waals surface area (Å²) in [4.78, 5) is 10.2. The Hall–Kier alpha value is -1.31. The zero-order valence-corrected chi connectivity index (χ0v) is 15.3. The van der Waals surface area contributed by atoms with E-state index in [-0.39, 0.29) is 0 Å². The third-order valence-corrected chi connectivity index (χ3v) is 4.70. The zero-order valence-electron chi connectivity index (χ0n) is 15.3. The largest absolute Gasteiger partial charge is 0.508 e. The second-order valence-electron chi connectivity index (χ2n) is 6.97. The van der Waals surface area contributed by atoms with Crippen LogP contribution >= 0.6 is 0 Å². The minimum Gasteiger partial charge on any atom is -0.508 e. The first-order valence-electron chi connectivity index (χ1n) is 10.0. The molecule has 0 spiro atoms. The van der Waals surface area contributed by atoms with Crippen LogP contribution in [0.5, 0.6) is 5.75 Å². The summed E-state index contributed by atoms with van der Waals surface area (Å²) in [5, 5.41) is 9.43. The van der Waals surface area contributed by atoms with E-state index in [2.05, 4.69) is 6.07 Å². The predicted octanol–water partition coefficient (Wildman–Crippen LogP) is 6.60. The molecule has 0 fully saturated rings. The highest BCUT2D eigenvalue weighted by Gasteiger charge is 1.96. The Labute approximate surface area is 148 Å². The third-order valence-electron chi connectivity index (χ3n) is 4.70. The van der Waals surface area contributed by atoms with Gasteiger partial charge in [0.1, 0.15) is 12.0 Å². The summed E-state index contributed by atoms with van der Waals surface area (Å²) in [7, 11) is 0. The maximum absolute atomic E-state index is 10.2. The lowest BCUT2D eigenvalue weighted by molar-refractivity contribution is -0.107. The van der Waals surface area contributed by atoms with Crippen LogP contribution in [0.4, 0.5) is 0 Å². The molecule has 24 heavy (non-hydrogen) atoms. The second kappa shape index (κ2) is 15.2. The number of phenolic OH excluding ortho intramolecular Hbond substituents is 1. The lowest BCUT2D eigenvalue weighted by Gasteiger charge is -2.04. The van der Waals surface area contributed by atoms with Gasteiger partial charge in [-0.15, -0.1) is 0 Å². The number of phenols is 1. The molecule has 1 N–H and O–H groups in total. The van der Waals surface area contributed by atoms with Crippen molar-refractivity contribution < 1.29 is 9.90 Å². The average Bonchev–Trinajstić information content (AvgIpc) is 2.58. The van der Waals surface area contributed by atoms with E-state index < -0.39 is 0 Å². The Morgan fingerprint density at radius 3 is 1.71 bits per heavy atom. The Balaban J connectivity index is 1.77. The van der Waals surface area contributed by atoms with Gasteiger partial charge in [-0.3, -0.25) is 0 Å². The standard InChI is InChI=1S/C22H36O2/c23-19-14-12-10-8-6-4-2-1-3-5-7-9-11-13-16-21-17-15-18-22(24)20-21/h15,17-20,24H,1-14,16H2. The van der Waals surface area contributed by atoms with E-state index >= 15 is 0 Å². The molecule has 0 heterocycles. The maximum atomic E-state index is 10.2. The highest BCUT2D eigenvalue weighted by Crippen LogP contribution is 2.15. The van der Waals surface area contributed by atoms with Gasteiger partial charge in [-0.25, -0.2) is 0 Å². The zero-order chi connectivity index (χ0) is 17.3. The van der Waals surface area contributed by atoms with Crippen LogP contribution in [0.2, 0.25) is 0 Å². The van der Waals surface area contributed by atoms with Crippen LogP contribution in [-0.2, 0) is 11.2 Å². The fourth-order valence-corrected chi connectivity index (χ4v) is 3.21. The van der Waals surface area contributed by atoms with Crippen LogP contribution in [-0.4, -0.2) is 11.4 Å². The number of carbonyl (C=O) groups excluding carboxylic acids is 1. The summed E-state index contributed by atoms with van der Waals surface area (Å²) in [5.74, 6) is 0.383. The molecule has 0 bridgehead atoms. The first kappa shape index (κ1) is 20.7. The van der Waals surface area contributed by atoms with Crippen molar-refractivity contribution in [3.05, 3.63) is 29.8 Å². The number of benzene rings is 1. The molecule has 1 aromatic carbocycles.